The first kappa shape index (κ1) is 17.5. The van der Waals surface area contributed by atoms with E-state index < -0.39 is 63.8 Å². The molecule has 1 aromatic rings. The number of alkyl halides is 7. The highest BCUT2D eigenvalue weighted by atomic mass is 19.4. The molecule has 0 radical (unpaired) electrons. The molecule has 0 heterocycles. The summed E-state index contributed by atoms with van der Waals surface area (Å²) in [5.74, 6) is -27.9. The SMILES string of the molecule is F/C(=C1\c2c(F)c(F)c(F)c(F)c2C(F)(F)C1(F)F)C(F)(F)F. The molecular formula is C11F12. The molecule has 0 N–H and O–H groups in total. The van der Waals surface area contributed by atoms with Crippen LogP contribution < -0.4 is 0 Å². The van der Waals surface area contributed by atoms with Crippen molar-refractivity contribution >= 4 is 5.57 Å². The first-order valence-electron chi connectivity index (χ1n) is 5.27. The molecule has 2 rings (SSSR count). The van der Waals surface area contributed by atoms with Gasteiger partial charge in [0.1, 0.15) is 0 Å². The maximum Gasteiger partial charge on any atom is 0.443 e. The van der Waals surface area contributed by atoms with Crippen LogP contribution in [-0.2, 0) is 5.92 Å². The highest BCUT2D eigenvalue weighted by Gasteiger charge is 2.71. The van der Waals surface area contributed by atoms with Gasteiger partial charge in [-0.05, 0) is 0 Å². The van der Waals surface area contributed by atoms with Crippen LogP contribution in [0.25, 0.3) is 5.57 Å². The quantitative estimate of drug-likeness (QED) is 0.338. The summed E-state index contributed by atoms with van der Waals surface area (Å²) in [6.07, 6.45) is -6.29. The summed E-state index contributed by atoms with van der Waals surface area (Å²) in [5.41, 5.74) is -8.90. The van der Waals surface area contributed by atoms with Crippen molar-refractivity contribution in [3.8, 4) is 0 Å². The molecule has 23 heavy (non-hydrogen) atoms. The molecule has 1 aliphatic carbocycles. The Morgan fingerprint density at radius 2 is 1.13 bits per heavy atom. The van der Waals surface area contributed by atoms with Crippen molar-refractivity contribution in [2.75, 3.05) is 0 Å². The van der Waals surface area contributed by atoms with E-state index in [0.717, 1.165) is 0 Å². The Bertz CT molecular complexity index is 724. The molecule has 0 aromatic heterocycles. The smallest absolute Gasteiger partial charge is 0.203 e. The summed E-state index contributed by atoms with van der Waals surface area (Å²) < 4.78 is 156. The number of hydrogen-bond donors (Lipinski definition) is 0. The van der Waals surface area contributed by atoms with Gasteiger partial charge >= 0.3 is 18.0 Å². The van der Waals surface area contributed by atoms with Gasteiger partial charge in [-0.15, -0.1) is 0 Å². The summed E-state index contributed by atoms with van der Waals surface area (Å²) in [6, 6.07) is 0. The second kappa shape index (κ2) is 4.57. The van der Waals surface area contributed by atoms with Crippen molar-refractivity contribution < 1.29 is 52.7 Å². The van der Waals surface area contributed by atoms with Crippen LogP contribution in [0.4, 0.5) is 52.7 Å². The molecule has 12 heteroatoms. The van der Waals surface area contributed by atoms with Crippen LogP contribution in [0.2, 0.25) is 0 Å². The maximum absolute atomic E-state index is 13.5. The predicted molar refractivity (Wildman–Crippen MR) is 49.2 cm³/mol. The van der Waals surface area contributed by atoms with Crippen LogP contribution in [0.3, 0.4) is 0 Å². The molecular weight excluding hydrogens is 360 g/mol. The second-order valence-electron chi connectivity index (χ2n) is 4.34. The molecule has 0 unspecified atom stereocenters. The minimum Gasteiger partial charge on any atom is -0.203 e. The number of allylic oxidation sites excluding steroid dienone is 2. The van der Waals surface area contributed by atoms with E-state index in [4.69, 9.17) is 0 Å². The number of benzene rings is 1. The molecule has 0 saturated carbocycles. The summed E-state index contributed by atoms with van der Waals surface area (Å²) >= 11 is 0. The van der Waals surface area contributed by atoms with E-state index in [1.807, 2.05) is 0 Å². The minimum absolute atomic E-state index is 2.70. The van der Waals surface area contributed by atoms with E-state index in [1.165, 1.54) is 0 Å². The fraction of sp³-hybridized carbons (Fsp3) is 0.273. The van der Waals surface area contributed by atoms with E-state index in [2.05, 4.69) is 0 Å². The fourth-order valence-electron chi connectivity index (χ4n) is 2.02. The zero-order valence-electron chi connectivity index (χ0n) is 10.0. The lowest BCUT2D eigenvalue weighted by atomic mass is 10.0. The molecule has 0 fully saturated rings. The van der Waals surface area contributed by atoms with Crippen LogP contribution in [0.1, 0.15) is 11.1 Å². The summed E-state index contributed by atoms with van der Waals surface area (Å²) in [7, 11) is 0. The van der Waals surface area contributed by atoms with E-state index in [9.17, 15) is 52.7 Å². The third kappa shape index (κ3) is 2.02. The van der Waals surface area contributed by atoms with E-state index in [1.54, 1.807) is 0 Å². The summed E-state index contributed by atoms with van der Waals surface area (Å²) in [4.78, 5) is 0. The molecule has 0 spiro atoms. The number of fused-ring (bicyclic) bond motifs is 1. The van der Waals surface area contributed by atoms with Gasteiger partial charge in [-0.25, -0.2) is 22.0 Å². The third-order valence-corrected chi connectivity index (χ3v) is 3.01. The van der Waals surface area contributed by atoms with E-state index in [-0.39, 0.29) is 0 Å². The zero-order chi connectivity index (χ0) is 18.1. The van der Waals surface area contributed by atoms with Crippen molar-refractivity contribution in [3.05, 3.63) is 40.2 Å². The Labute approximate surface area is 118 Å². The molecule has 1 aliphatic rings. The maximum atomic E-state index is 13.5. The Morgan fingerprint density at radius 1 is 0.696 bits per heavy atom. The Morgan fingerprint density at radius 3 is 1.57 bits per heavy atom. The lowest BCUT2D eigenvalue weighted by Gasteiger charge is -2.20. The lowest BCUT2D eigenvalue weighted by Crippen LogP contribution is -2.35. The van der Waals surface area contributed by atoms with Gasteiger partial charge in [0.05, 0.1) is 11.1 Å². The highest BCUT2D eigenvalue weighted by molar-refractivity contribution is 5.82. The van der Waals surface area contributed by atoms with Crippen molar-refractivity contribution in [1.82, 2.24) is 0 Å². The Hall–Kier alpha value is -1.88. The van der Waals surface area contributed by atoms with Crippen LogP contribution in [-0.4, -0.2) is 12.1 Å². The molecule has 0 bridgehead atoms. The van der Waals surface area contributed by atoms with Gasteiger partial charge in [-0.1, -0.05) is 0 Å². The minimum atomic E-state index is -6.29. The average Bonchev–Trinajstić information content (AvgIpc) is 2.56. The van der Waals surface area contributed by atoms with Gasteiger partial charge in [0.25, 0.3) is 0 Å². The van der Waals surface area contributed by atoms with Gasteiger partial charge in [0.2, 0.25) is 5.83 Å². The first-order chi connectivity index (χ1) is 10.2. The van der Waals surface area contributed by atoms with Crippen LogP contribution >= 0.6 is 0 Å². The Kier molecular flexibility index (Phi) is 3.47. The third-order valence-electron chi connectivity index (χ3n) is 3.01. The van der Waals surface area contributed by atoms with Gasteiger partial charge in [0.15, 0.2) is 23.3 Å². The topological polar surface area (TPSA) is 0 Å². The van der Waals surface area contributed by atoms with Crippen molar-refractivity contribution in [2.45, 2.75) is 18.0 Å². The standard InChI is InChI=1S/C11F12/c12-4-1-2(5(13)7(15)6(4)14)9(17,18)10(19,20)3(1)8(16)11(21,22)23/b8-3+. The molecule has 1 aromatic carbocycles. The normalized spacial score (nSPS) is 21.4. The molecule has 0 aliphatic heterocycles. The number of rotatable bonds is 0. The van der Waals surface area contributed by atoms with Gasteiger partial charge in [-0.2, -0.15) is 30.7 Å². The molecule has 0 atom stereocenters. The van der Waals surface area contributed by atoms with Crippen molar-refractivity contribution in [1.29, 1.82) is 0 Å². The first-order valence-corrected chi connectivity index (χ1v) is 5.27. The van der Waals surface area contributed by atoms with E-state index in [0.29, 0.717) is 0 Å². The number of halogens is 12. The highest BCUT2D eigenvalue weighted by Crippen LogP contribution is 2.61. The van der Waals surface area contributed by atoms with Crippen LogP contribution in [0.5, 0.6) is 0 Å². The molecule has 0 amide bonds. The summed E-state index contributed by atoms with van der Waals surface area (Å²) in [6.45, 7) is 0. The molecule has 128 valence electrons. The average molecular weight is 360 g/mol. The summed E-state index contributed by atoms with van der Waals surface area (Å²) in [5, 5.41) is 0. The van der Waals surface area contributed by atoms with Gasteiger partial charge < -0.3 is 0 Å². The monoisotopic (exact) mass is 360 g/mol. The van der Waals surface area contributed by atoms with Crippen LogP contribution in [0, 0.1) is 23.3 Å². The fourth-order valence-corrected chi connectivity index (χ4v) is 2.02. The predicted octanol–water partition coefficient (Wildman–Crippen LogP) is 5.23. The lowest BCUT2D eigenvalue weighted by molar-refractivity contribution is -0.176. The Balaban J connectivity index is 3.10. The van der Waals surface area contributed by atoms with Gasteiger partial charge in [-0.3, -0.25) is 0 Å². The molecule has 0 nitrogen and oxygen atoms in total. The van der Waals surface area contributed by atoms with Crippen molar-refractivity contribution in [2.24, 2.45) is 0 Å². The second-order valence-corrected chi connectivity index (χ2v) is 4.34. The zero-order valence-corrected chi connectivity index (χ0v) is 10.0. The van der Waals surface area contributed by atoms with Gasteiger partial charge in [0, 0.05) is 5.56 Å². The van der Waals surface area contributed by atoms with E-state index >= 15 is 0 Å². The number of hydrogen-bond acceptors (Lipinski definition) is 0. The van der Waals surface area contributed by atoms with Crippen molar-refractivity contribution in [3.63, 3.8) is 0 Å². The molecule has 0 saturated heterocycles. The van der Waals surface area contributed by atoms with Crippen LogP contribution in [0.15, 0.2) is 5.83 Å². The largest absolute Gasteiger partial charge is 0.443 e.